The number of unbranched alkanes of at least 4 members (excludes halogenated alkanes) is 2. The summed E-state index contributed by atoms with van der Waals surface area (Å²) in [4.78, 5) is 67.0. The van der Waals surface area contributed by atoms with Crippen molar-refractivity contribution in [2.75, 3.05) is 26.4 Å². The molecule has 0 aliphatic heterocycles. The minimum Gasteiger partial charge on any atom is -0.462 e. The Morgan fingerprint density at radius 2 is 0.902 bits per heavy atom. The molecule has 0 aliphatic carbocycles. The molecule has 0 amide bonds. The number of rotatable bonds is 18. The van der Waals surface area contributed by atoms with Crippen molar-refractivity contribution in [3.63, 3.8) is 0 Å². The third kappa shape index (κ3) is 30.3. The lowest BCUT2D eigenvalue weighted by Gasteiger charge is -2.13. The van der Waals surface area contributed by atoms with E-state index in [1.54, 1.807) is 13.8 Å². The summed E-state index contributed by atoms with van der Waals surface area (Å²) in [6, 6.07) is 0. The monoisotopic (exact) mass is 610 g/mol. The summed E-state index contributed by atoms with van der Waals surface area (Å²) < 4.78 is 28.7. The zero-order valence-electron chi connectivity index (χ0n) is 25.5. The summed E-state index contributed by atoms with van der Waals surface area (Å²) in [5, 5.41) is 0. The summed E-state index contributed by atoms with van der Waals surface area (Å²) >= 11 is 0. The van der Waals surface area contributed by atoms with Crippen LogP contribution in [0.1, 0.15) is 92.9 Å². The Hall–Kier alpha value is -2.53. The molecular formula is C28H51O12P. The molecule has 13 heteroatoms. The van der Waals surface area contributed by atoms with Crippen molar-refractivity contribution in [2.24, 2.45) is 11.8 Å². The maximum Gasteiger partial charge on any atom is 0.466 e. The van der Waals surface area contributed by atoms with Crippen LogP contribution in [-0.2, 0) is 42.7 Å². The topological polar surface area (TPSA) is 183 Å². The first-order valence-electron chi connectivity index (χ1n) is 13.8. The molecule has 240 valence electrons. The van der Waals surface area contributed by atoms with Crippen LogP contribution in [0.3, 0.4) is 0 Å². The average molecular weight is 611 g/mol. The molecule has 0 spiro atoms. The van der Waals surface area contributed by atoms with Crippen molar-refractivity contribution in [3.05, 3.63) is 24.3 Å². The minimum absolute atomic E-state index is 0.0400. The smallest absolute Gasteiger partial charge is 0.462 e. The summed E-state index contributed by atoms with van der Waals surface area (Å²) in [6.45, 7) is 18.6. The fourth-order valence-corrected chi connectivity index (χ4v) is 2.91. The van der Waals surface area contributed by atoms with Gasteiger partial charge in [-0.05, 0) is 39.5 Å². The van der Waals surface area contributed by atoms with E-state index in [2.05, 4.69) is 27.0 Å². The van der Waals surface area contributed by atoms with E-state index in [1.165, 1.54) is 0 Å². The quantitative estimate of drug-likeness (QED) is 0.0634. The van der Waals surface area contributed by atoms with E-state index in [1.807, 2.05) is 13.8 Å². The van der Waals surface area contributed by atoms with Gasteiger partial charge in [-0.1, -0.05) is 66.5 Å². The first-order chi connectivity index (χ1) is 19.0. The van der Waals surface area contributed by atoms with E-state index >= 15 is 0 Å². The first-order valence-corrected chi connectivity index (χ1v) is 15.4. The lowest BCUT2D eigenvalue weighted by Crippen LogP contribution is -2.20. The molecule has 0 radical (unpaired) electrons. The van der Waals surface area contributed by atoms with Gasteiger partial charge in [0.1, 0.15) is 26.4 Å². The van der Waals surface area contributed by atoms with Gasteiger partial charge in [-0.15, -0.1) is 0 Å². The normalized spacial score (nSPS) is 11.7. The molecule has 0 fully saturated rings. The van der Waals surface area contributed by atoms with E-state index in [0.29, 0.717) is 11.1 Å². The van der Waals surface area contributed by atoms with E-state index < -0.39 is 19.8 Å². The third-order valence-corrected chi connectivity index (χ3v) is 5.28. The predicted molar refractivity (Wildman–Crippen MR) is 154 cm³/mol. The number of carbonyl (C=O) groups excluding carboxylic acids is 4. The molecule has 41 heavy (non-hydrogen) atoms. The van der Waals surface area contributed by atoms with E-state index in [9.17, 15) is 19.2 Å². The standard InChI is InChI=1S/2C14H24O4.H3O4P/c2*1-5-7-8-12(6-2)14(16)18-10-9-17-13(15)11(3)4;1-5(2,3)4/h2*12H,3,5-10H2,1-2,4H3;(H3,1,2,3,4). The van der Waals surface area contributed by atoms with Crippen molar-refractivity contribution >= 4 is 31.7 Å². The van der Waals surface area contributed by atoms with Crippen molar-refractivity contribution in [2.45, 2.75) is 92.9 Å². The van der Waals surface area contributed by atoms with Gasteiger partial charge in [-0.3, -0.25) is 9.59 Å². The molecule has 3 N–H and O–H groups in total. The van der Waals surface area contributed by atoms with E-state index in [-0.39, 0.29) is 50.2 Å². The Bertz CT molecular complexity index is 768. The van der Waals surface area contributed by atoms with Crippen LogP contribution in [0.4, 0.5) is 0 Å². The van der Waals surface area contributed by atoms with Gasteiger partial charge < -0.3 is 33.6 Å². The third-order valence-electron chi connectivity index (χ3n) is 5.28. The van der Waals surface area contributed by atoms with Gasteiger partial charge in [0, 0.05) is 11.1 Å². The Balaban J connectivity index is -0.000000604. The highest BCUT2D eigenvalue weighted by atomic mass is 31.2. The van der Waals surface area contributed by atoms with Crippen molar-refractivity contribution in [3.8, 4) is 0 Å². The molecule has 0 aromatic heterocycles. The molecular weight excluding hydrogens is 559 g/mol. The lowest BCUT2D eigenvalue weighted by atomic mass is 10.00. The second-order valence-electron chi connectivity index (χ2n) is 9.18. The molecule has 0 aliphatic rings. The Kier molecular flexibility index (Phi) is 27.6. The van der Waals surface area contributed by atoms with E-state index in [4.69, 9.17) is 38.2 Å². The SMILES string of the molecule is C=C(C)C(=O)OCCOC(=O)C(CC)CCCC.C=C(C)C(=O)OCCOC(=O)C(CC)CCCC.O=P(O)(O)O. The fraction of sp³-hybridized carbons (Fsp3) is 0.714. The Labute approximate surface area is 244 Å². The summed E-state index contributed by atoms with van der Waals surface area (Å²) in [5.74, 6) is -1.38. The molecule has 0 aromatic carbocycles. The number of hydrogen-bond acceptors (Lipinski definition) is 9. The molecule has 0 aromatic rings. The van der Waals surface area contributed by atoms with Gasteiger partial charge in [0.2, 0.25) is 0 Å². The first kappa shape index (κ1) is 42.9. The zero-order chi connectivity index (χ0) is 32.4. The number of esters is 4. The zero-order valence-corrected chi connectivity index (χ0v) is 26.4. The van der Waals surface area contributed by atoms with Gasteiger partial charge in [0.05, 0.1) is 11.8 Å². The van der Waals surface area contributed by atoms with Crippen LogP contribution in [0.5, 0.6) is 0 Å². The number of ether oxygens (including phenoxy) is 4. The molecule has 12 nitrogen and oxygen atoms in total. The van der Waals surface area contributed by atoms with Crippen LogP contribution < -0.4 is 0 Å². The van der Waals surface area contributed by atoms with Crippen LogP contribution in [0, 0.1) is 11.8 Å². The highest BCUT2D eigenvalue weighted by Gasteiger charge is 2.18. The van der Waals surface area contributed by atoms with Crippen LogP contribution >= 0.6 is 7.82 Å². The Morgan fingerprint density at radius 3 is 1.12 bits per heavy atom. The maximum absolute atomic E-state index is 11.7. The minimum atomic E-state index is -4.64. The molecule has 0 heterocycles. The van der Waals surface area contributed by atoms with Gasteiger partial charge in [-0.25, -0.2) is 14.2 Å². The number of phosphoric acid groups is 1. The van der Waals surface area contributed by atoms with Crippen LogP contribution in [0.2, 0.25) is 0 Å². The molecule has 0 rings (SSSR count). The average Bonchev–Trinajstić information content (AvgIpc) is 2.88. The summed E-state index contributed by atoms with van der Waals surface area (Å²) in [5.41, 5.74) is 0.686. The van der Waals surface area contributed by atoms with Gasteiger partial charge in [0.25, 0.3) is 0 Å². The van der Waals surface area contributed by atoms with E-state index in [0.717, 1.165) is 51.4 Å². The van der Waals surface area contributed by atoms with Crippen LogP contribution in [-0.4, -0.2) is 65.0 Å². The molecule has 2 atom stereocenters. The molecule has 2 unspecified atom stereocenters. The van der Waals surface area contributed by atoms with Crippen LogP contribution in [0.15, 0.2) is 24.3 Å². The fourth-order valence-electron chi connectivity index (χ4n) is 2.91. The second kappa shape index (κ2) is 26.4. The molecule has 0 saturated heterocycles. The second-order valence-corrected chi connectivity index (χ2v) is 10.2. The Morgan fingerprint density at radius 1 is 0.634 bits per heavy atom. The lowest BCUT2D eigenvalue weighted by molar-refractivity contribution is -0.154. The van der Waals surface area contributed by atoms with Crippen LogP contribution in [0.25, 0.3) is 0 Å². The molecule has 0 saturated carbocycles. The summed E-state index contributed by atoms with van der Waals surface area (Å²) in [7, 11) is -4.64. The molecule has 0 bridgehead atoms. The largest absolute Gasteiger partial charge is 0.466 e. The van der Waals surface area contributed by atoms with Gasteiger partial charge in [0.15, 0.2) is 0 Å². The predicted octanol–water partition coefficient (Wildman–Crippen LogP) is 4.80. The number of hydrogen-bond donors (Lipinski definition) is 3. The highest BCUT2D eigenvalue weighted by molar-refractivity contribution is 7.45. The van der Waals surface area contributed by atoms with Gasteiger partial charge >= 0.3 is 31.7 Å². The maximum atomic E-state index is 11.7. The van der Waals surface area contributed by atoms with Crippen molar-refractivity contribution < 1.29 is 57.4 Å². The summed E-state index contributed by atoms with van der Waals surface area (Å²) in [6.07, 6.45) is 7.47. The van der Waals surface area contributed by atoms with Gasteiger partial charge in [-0.2, -0.15) is 0 Å². The van der Waals surface area contributed by atoms with Crippen molar-refractivity contribution in [1.82, 2.24) is 0 Å². The number of carbonyl (C=O) groups is 4. The highest BCUT2D eigenvalue weighted by Crippen LogP contribution is 2.25. The van der Waals surface area contributed by atoms with Crippen molar-refractivity contribution in [1.29, 1.82) is 0 Å².